The molecule has 0 atom stereocenters. The van der Waals surface area contributed by atoms with Crippen molar-refractivity contribution < 1.29 is 9.59 Å². The van der Waals surface area contributed by atoms with Gasteiger partial charge in [-0.1, -0.05) is 95.7 Å². The first-order valence-corrected chi connectivity index (χ1v) is 21.2. The van der Waals surface area contributed by atoms with Gasteiger partial charge in [-0.3, -0.25) is 19.4 Å². The molecule has 6 aromatic rings. The van der Waals surface area contributed by atoms with Gasteiger partial charge in [-0.25, -0.2) is 19.9 Å². The summed E-state index contributed by atoms with van der Waals surface area (Å²) in [4.78, 5) is 48.9. The number of pyridine rings is 2. The van der Waals surface area contributed by atoms with E-state index in [-0.39, 0.29) is 42.3 Å². The molecule has 4 aromatic heterocycles. The second-order valence-corrected chi connectivity index (χ2v) is 18.6. The number of carbonyl (C=O) groups excluding carboxylic acids is 2. The fourth-order valence-electron chi connectivity index (χ4n) is 7.85. The number of nitrogens with zero attached hydrogens (tertiary/aromatic N) is 6. The second-order valence-electron chi connectivity index (χ2n) is 15.9. The van der Waals surface area contributed by atoms with Crippen LogP contribution < -0.4 is 20.9 Å². The van der Waals surface area contributed by atoms with Gasteiger partial charge >= 0.3 is 0 Å². The minimum atomic E-state index is -0.498. The first kappa shape index (κ1) is 41.4. The van der Waals surface area contributed by atoms with Crippen LogP contribution in [0.5, 0.6) is 0 Å². The van der Waals surface area contributed by atoms with Crippen LogP contribution in [-0.2, 0) is 20.4 Å². The van der Waals surface area contributed by atoms with Crippen molar-refractivity contribution in [3.05, 3.63) is 125 Å². The fraction of sp³-hybridized carbons (Fsp3) is 0.318. The van der Waals surface area contributed by atoms with Gasteiger partial charge < -0.3 is 11.1 Å². The van der Waals surface area contributed by atoms with Crippen LogP contribution in [0.2, 0.25) is 4.47 Å². The van der Waals surface area contributed by atoms with Crippen LogP contribution in [0.4, 0.5) is 16.8 Å². The van der Waals surface area contributed by atoms with Gasteiger partial charge in [0.05, 0.1) is 20.6 Å². The van der Waals surface area contributed by atoms with Crippen molar-refractivity contribution in [2.45, 2.75) is 88.4 Å². The first-order chi connectivity index (χ1) is 27.4. The van der Waals surface area contributed by atoms with Crippen molar-refractivity contribution in [1.82, 2.24) is 19.9 Å². The summed E-state index contributed by atoms with van der Waals surface area (Å²) < 4.78 is 0.592. The topological polar surface area (TPSA) is 130 Å². The molecular formula is C44H46Cl2N8O2S2. The van der Waals surface area contributed by atoms with E-state index >= 15 is 0 Å². The van der Waals surface area contributed by atoms with Gasteiger partial charge in [0, 0.05) is 60.1 Å². The average Bonchev–Trinajstić information content (AvgIpc) is 3.94. The number of rotatable bonds is 6. The Kier molecular flexibility index (Phi) is 12.1. The number of anilines is 3. The van der Waals surface area contributed by atoms with Crippen molar-refractivity contribution in [1.29, 1.82) is 0 Å². The summed E-state index contributed by atoms with van der Waals surface area (Å²) >= 11 is 8.88. The van der Waals surface area contributed by atoms with E-state index in [1.165, 1.54) is 22.5 Å². The molecule has 3 N–H and O–H groups in total. The molecule has 2 fully saturated rings. The Hall–Kier alpha value is -4.72. The molecular weight excluding hydrogens is 808 g/mol. The van der Waals surface area contributed by atoms with Gasteiger partial charge in [0.25, 0.3) is 0 Å². The quantitative estimate of drug-likeness (QED) is 0.170. The Bertz CT molecular complexity index is 2380. The summed E-state index contributed by atoms with van der Waals surface area (Å²) in [5, 5.41) is 4.47. The maximum Gasteiger partial charge on any atom is 0.238 e. The number of halogens is 2. The minimum absolute atomic E-state index is 0. The summed E-state index contributed by atoms with van der Waals surface area (Å²) in [6, 6.07) is 29.2. The molecule has 0 saturated heterocycles. The molecule has 58 heavy (non-hydrogen) atoms. The molecule has 6 heterocycles. The molecule has 2 saturated carbocycles. The van der Waals surface area contributed by atoms with Crippen LogP contribution in [-0.4, -0.2) is 55.9 Å². The monoisotopic (exact) mass is 852 g/mol. The predicted molar refractivity (Wildman–Crippen MR) is 238 cm³/mol. The zero-order valence-corrected chi connectivity index (χ0v) is 35.9. The molecule has 14 heteroatoms. The van der Waals surface area contributed by atoms with E-state index in [0.717, 1.165) is 63.3 Å². The molecule has 0 spiro atoms. The number of thiazole rings is 2. The van der Waals surface area contributed by atoms with Crippen LogP contribution in [0.15, 0.2) is 110 Å². The molecule has 10 nitrogen and oxygen atoms in total. The molecule has 2 amide bonds. The van der Waals surface area contributed by atoms with Crippen LogP contribution in [0.25, 0.3) is 20.9 Å². The third-order valence-corrected chi connectivity index (χ3v) is 13.4. The minimum Gasteiger partial charge on any atom is -0.359 e. The number of amides is 2. The highest BCUT2D eigenvalue weighted by Crippen LogP contribution is 2.46. The number of nitrogens with two attached hydrogens (primary N) is 1. The van der Waals surface area contributed by atoms with Crippen LogP contribution >= 0.6 is 46.7 Å². The number of nitrogens with one attached hydrogen (secondary N) is 1. The maximum absolute atomic E-state index is 13.0. The molecule has 2 aliphatic heterocycles. The maximum atomic E-state index is 13.0. The Labute approximate surface area is 358 Å². The molecule has 0 radical (unpaired) electrons. The van der Waals surface area contributed by atoms with Gasteiger partial charge in [-0.15, -0.1) is 23.7 Å². The van der Waals surface area contributed by atoms with Crippen molar-refractivity contribution in [2.24, 2.45) is 5.73 Å². The average molecular weight is 854 g/mol. The van der Waals surface area contributed by atoms with Gasteiger partial charge in [0.2, 0.25) is 11.8 Å². The molecule has 4 aliphatic rings. The van der Waals surface area contributed by atoms with E-state index in [9.17, 15) is 9.59 Å². The highest BCUT2D eigenvalue weighted by Gasteiger charge is 2.51. The number of hydrogen-bond acceptors (Lipinski definition) is 10. The lowest BCUT2D eigenvalue weighted by atomic mass is 9.84. The van der Waals surface area contributed by atoms with E-state index in [1.807, 2.05) is 116 Å². The van der Waals surface area contributed by atoms with Gasteiger partial charge in [0.15, 0.2) is 9.60 Å². The lowest BCUT2D eigenvalue weighted by Crippen LogP contribution is -2.53. The standard InChI is InChI=1S/C22H22N4OS.C13H17N3O.C9H6ClNS.ClH/c1-22(2)17-9-6-10-23-19(17)26(20(22)27)16-11-15(12-16)25-21-24-13-18(28-21)14-7-4-3-5-8-14;1-13(2)10-4-3-5-15-11(10)16(12(13)17)9-6-8(14)7-9;10-9-11-6-8(12-9)7-4-2-1-3-5-7;/h3-10,13,15-16H,11-12H2,1-2H3,(H,24,25);3-5,8-9H,6-7,14H2,1-2H3;1-6H;1H. The van der Waals surface area contributed by atoms with Crippen LogP contribution in [0.3, 0.4) is 0 Å². The van der Waals surface area contributed by atoms with Crippen LogP contribution in [0.1, 0.15) is 64.5 Å². The molecule has 10 rings (SSSR count). The summed E-state index contributed by atoms with van der Waals surface area (Å²) in [5.41, 5.74) is 9.28. The highest BCUT2D eigenvalue weighted by atomic mass is 35.5. The molecule has 300 valence electrons. The van der Waals surface area contributed by atoms with Gasteiger partial charge in [-0.2, -0.15) is 0 Å². The summed E-state index contributed by atoms with van der Waals surface area (Å²) in [7, 11) is 0. The number of aromatic nitrogens is 4. The third-order valence-electron chi connectivity index (χ3n) is 11.3. The molecule has 0 unspecified atom stereocenters. The lowest BCUT2D eigenvalue weighted by Gasteiger charge is -2.41. The number of hydrogen-bond donors (Lipinski definition) is 2. The normalized spacial score (nSPS) is 21.8. The van der Waals surface area contributed by atoms with Crippen LogP contribution in [0, 0.1) is 0 Å². The van der Waals surface area contributed by atoms with Crippen molar-refractivity contribution in [2.75, 3.05) is 15.1 Å². The summed E-state index contributed by atoms with van der Waals surface area (Å²) in [6.45, 7) is 7.92. The Morgan fingerprint density at radius 1 is 0.655 bits per heavy atom. The van der Waals surface area contributed by atoms with Crippen molar-refractivity contribution >= 4 is 75.3 Å². The smallest absolute Gasteiger partial charge is 0.238 e. The zero-order valence-electron chi connectivity index (χ0n) is 32.7. The summed E-state index contributed by atoms with van der Waals surface area (Å²) in [5.74, 6) is 1.98. The Morgan fingerprint density at radius 3 is 1.59 bits per heavy atom. The van der Waals surface area contributed by atoms with Gasteiger partial charge in [-0.05, 0) is 76.6 Å². The van der Waals surface area contributed by atoms with E-state index in [0.29, 0.717) is 10.5 Å². The number of fused-ring (bicyclic) bond motifs is 2. The van der Waals surface area contributed by atoms with E-state index < -0.39 is 10.8 Å². The van der Waals surface area contributed by atoms with Crippen molar-refractivity contribution in [3.63, 3.8) is 0 Å². The van der Waals surface area contributed by atoms with E-state index in [4.69, 9.17) is 17.3 Å². The molecule has 2 aromatic carbocycles. The van der Waals surface area contributed by atoms with Gasteiger partial charge in [0.1, 0.15) is 11.6 Å². The summed E-state index contributed by atoms with van der Waals surface area (Å²) in [6.07, 6.45) is 10.8. The number of benzene rings is 2. The molecule has 0 bridgehead atoms. The van der Waals surface area contributed by atoms with E-state index in [1.54, 1.807) is 29.9 Å². The highest BCUT2D eigenvalue weighted by molar-refractivity contribution is 7.19. The third kappa shape index (κ3) is 8.00. The zero-order chi connectivity index (χ0) is 39.9. The fourth-order valence-corrected chi connectivity index (χ4v) is 9.70. The number of carbonyl (C=O) groups is 2. The van der Waals surface area contributed by atoms with E-state index in [2.05, 4.69) is 37.4 Å². The Balaban J connectivity index is 0.000000145. The second kappa shape index (κ2) is 16.9. The molecule has 2 aliphatic carbocycles. The lowest BCUT2D eigenvalue weighted by molar-refractivity contribution is -0.123. The largest absolute Gasteiger partial charge is 0.359 e. The first-order valence-electron chi connectivity index (χ1n) is 19.2. The van der Waals surface area contributed by atoms with Crippen molar-refractivity contribution in [3.8, 4) is 20.9 Å². The predicted octanol–water partition coefficient (Wildman–Crippen LogP) is 9.55. The Morgan fingerprint density at radius 2 is 1.12 bits per heavy atom. The SMILES string of the molecule is CC1(C)C(=O)N(C2CC(N)C2)c2ncccc21.CC1(C)C(=O)N(C2CC(Nc3ncc(-c4ccccc4)s3)C2)c2ncccc21.Cl.Clc1ncc(-c2ccccc2)s1.